The van der Waals surface area contributed by atoms with E-state index in [-0.39, 0.29) is 7.69 Å². The van der Waals surface area contributed by atoms with Gasteiger partial charge >= 0.3 is 7.69 Å². The van der Waals surface area contributed by atoms with Crippen molar-refractivity contribution < 1.29 is 9.68 Å². The summed E-state index contributed by atoms with van der Waals surface area (Å²) >= 11 is 0. The van der Waals surface area contributed by atoms with Crippen molar-refractivity contribution in [2.45, 2.75) is 0 Å². The number of aromatic nitrogens is 3. The van der Waals surface area contributed by atoms with Crippen molar-refractivity contribution in [1.29, 1.82) is 0 Å². The molecule has 1 heterocycles. The largest absolute Gasteiger partial charge is 0.539 e. The van der Waals surface area contributed by atoms with Crippen LogP contribution in [0.5, 0.6) is 5.75 Å². The predicted molar refractivity (Wildman–Crippen MR) is 124 cm³/mol. The van der Waals surface area contributed by atoms with Crippen molar-refractivity contribution in [3.05, 3.63) is 97.1 Å². The normalized spacial score (nSPS) is 10.7. The van der Waals surface area contributed by atoms with Crippen LogP contribution in [0.2, 0.25) is 0 Å². The Kier molecular flexibility index (Phi) is 5.13. The first kappa shape index (κ1) is 19.0. The summed E-state index contributed by atoms with van der Waals surface area (Å²) in [5.41, 5.74) is 2.78. The van der Waals surface area contributed by atoms with Gasteiger partial charge in [0.25, 0.3) is 0 Å². The topological polar surface area (TPSA) is 68.1 Å². The minimum absolute atomic E-state index is 0.348. The van der Waals surface area contributed by atoms with Gasteiger partial charge in [-0.05, 0) is 29.0 Å². The second-order valence-corrected chi connectivity index (χ2v) is 7.04. The van der Waals surface area contributed by atoms with Crippen molar-refractivity contribution in [2.24, 2.45) is 0 Å². The van der Waals surface area contributed by atoms with Crippen molar-refractivity contribution in [3.8, 4) is 39.9 Å². The fraction of sp³-hybridized carbons (Fsp3) is 0. The van der Waals surface area contributed by atoms with Crippen LogP contribution in [0.4, 0.5) is 0 Å². The molecule has 0 unspecified atom stereocenters. The van der Waals surface area contributed by atoms with Gasteiger partial charge in [-0.2, -0.15) is 0 Å². The maximum Gasteiger partial charge on any atom is 0.504 e. The molecule has 0 amide bonds. The highest BCUT2D eigenvalue weighted by molar-refractivity contribution is 6.17. The number of rotatable bonds is 5. The van der Waals surface area contributed by atoms with E-state index < -0.39 is 0 Å². The Bertz CT molecular complexity index is 1290. The summed E-state index contributed by atoms with van der Waals surface area (Å²) < 4.78 is 5.18. The third-order valence-corrected chi connectivity index (χ3v) is 5.00. The van der Waals surface area contributed by atoms with Crippen molar-refractivity contribution in [1.82, 2.24) is 15.0 Å². The van der Waals surface area contributed by atoms with Gasteiger partial charge in [0.2, 0.25) is 0 Å². The van der Waals surface area contributed by atoms with Crippen molar-refractivity contribution in [2.75, 3.05) is 0 Å². The summed E-state index contributed by atoms with van der Waals surface area (Å²) in [5.74, 6) is 2.51. The first-order valence-corrected chi connectivity index (χ1v) is 9.95. The molecule has 0 aliphatic carbocycles. The van der Waals surface area contributed by atoms with E-state index in [9.17, 15) is 0 Å². The third-order valence-electron chi connectivity index (χ3n) is 5.00. The highest BCUT2D eigenvalue weighted by atomic mass is 16.5. The van der Waals surface area contributed by atoms with Gasteiger partial charge in [0, 0.05) is 16.7 Å². The lowest BCUT2D eigenvalue weighted by molar-refractivity contribution is 0.454. The second-order valence-electron chi connectivity index (χ2n) is 7.04. The molecule has 0 aliphatic heterocycles. The average Bonchev–Trinajstić information content (AvgIpc) is 2.85. The Balaban J connectivity index is 1.65. The standard InChI is InChI=1S/C25H18BN3O2/c30-26-31-22-14-13-19-15-21(12-11-20(19)16-22)25-28-23(17-7-3-1-4-8-17)27-24(29-25)18-9-5-2-6-10-18/h1-16,26,30H. The van der Waals surface area contributed by atoms with Crippen LogP contribution in [0.15, 0.2) is 97.1 Å². The zero-order valence-corrected chi connectivity index (χ0v) is 16.6. The Morgan fingerprint density at radius 1 is 0.548 bits per heavy atom. The minimum Gasteiger partial charge on any atom is -0.539 e. The summed E-state index contributed by atoms with van der Waals surface area (Å²) in [6, 6.07) is 31.6. The van der Waals surface area contributed by atoms with E-state index in [0.717, 1.165) is 27.5 Å². The molecule has 0 atom stereocenters. The molecule has 5 aromatic rings. The Morgan fingerprint density at radius 2 is 1.06 bits per heavy atom. The van der Waals surface area contributed by atoms with Gasteiger partial charge in [-0.25, -0.2) is 15.0 Å². The SMILES string of the molecule is OBOc1ccc2cc(-c3nc(-c4ccccc4)nc(-c4ccccc4)n3)ccc2c1. The quantitative estimate of drug-likeness (QED) is 0.432. The molecule has 0 saturated carbocycles. The molecule has 148 valence electrons. The van der Waals surface area contributed by atoms with E-state index in [1.807, 2.05) is 91.0 Å². The first-order valence-electron chi connectivity index (χ1n) is 9.95. The maximum atomic E-state index is 8.98. The van der Waals surface area contributed by atoms with E-state index >= 15 is 0 Å². The van der Waals surface area contributed by atoms with Gasteiger partial charge in [-0.3, -0.25) is 0 Å². The van der Waals surface area contributed by atoms with Gasteiger partial charge in [-0.1, -0.05) is 78.9 Å². The van der Waals surface area contributed by atoms with E-state index in [1.54, 1.807) is 0 Å². The van der Waals surface area contributed by atoms with Crippen molar-refractivity contribution >= 4 is 18.5 Å². The average molecular weight is 403 g/mol. The lowest BCUT2D eigenvalue weighted by Crippen LogP contribution is -2.00. The smallest absolute Gasteiger partial charge is 0.504 e. The highest BCUT2D eigenvalue weighted by Crippen LogP contribution is 2.28. The number of nitrogens with zero attached hydrogens (tertiary/aromatic N) is 3. The van der Waals surface area contributed by atoms with E-state index in [0.29, 0.717) is 23.2 Å². The molecule has 0 saturated heterocycles. The molecule has 6 heteroatoms. The zero-order chi connectivity index (χ0) is 21.0. The highest BCUT2D eigenvalue weighted by Gasteiger charge is 2.12. The minimum atomic E-state index is -0.348. The number of fused-ring (bicyclic) bond motifs is 1. The van der Waals surface area contributed by atoms with Crippen LogP contribution < -0.4 is 4.65 Å². The van der Waals surface area contributed by atoms with Crippen LogP contribution >= 0.6 is 0 Å². The molecule has 5 rings (SSSR count). The van der Waals surface area contributed by atoms with Crippen molar-refractivity contribution in [3.63, 3.8) is 0 Å². The molecule has 1 aromatic heterocycles. The number of hydrogen-bond donors (Lipinski definition) is 1. The summed E-state index contributed by atoms with van der Waals surface area (Å²) in [6.45, 7) is 0. The molecule has 0 spiro atoms. The van der Waals surface area contributed by atoms with Crippen LogP contribution in [0.25, 0.3) is 44.9 Å². The lowest BCUT2D eigenvalue weighted by Gasteiger charge is -2.09. The number of benzene rings is 4. The Labute approximate surface area is 180 Å². The van der Waals surface area contributed by atoms with E-state index in [1.165, 1.54) is 0 Å². The predicted octanol–water partition coefficient (Wildman–Crippen LogP) is 4.66. The van der Waals surface area contributed by atoms with Gasteiger partial charge < -0.3 is 9.68 Å². The molecule has 0 radical (unpaired) electrons. The fourth-order valence-electron chi connectivity index (χ4n) is 3.46. The summed E-state index contributed by atoms with van der Waals surface area (Å²) in [4.78, 5) is 14.3. The maximum absolute atomic E-state index is 8.98. The molecular formula is C25H18BN3O2. The van der Waals surface area contributed by atoms with Gasteiger partial charge in [0.15, 0.2) is 17.5 Å². The van der Waals surface area contributed by atoms with Crippen LogP contribution in [0.3, 0.4) is 0 Å². The molecular weight excluding hydrogens is 385 g/mol. The van der Waals surface area contributed by atoms with Gasteiger partial charge in [0.05, 0.1) is 0 Å². The molecule has 0 aliphatic rings. The van der Waals surface area contributed by atoms with Gasteiger partial charge in [0.1, 0.15) is 5.75 Å². The molecule has 4 aromatic carbocycles. The fourth-order valence-corrected chi connectivity index (χ4v) is 3.46. The molecule has 0 fully saturated rings. The van der Waals surface area contributed by atoms with Crippen LogP contribution in [0, 0.1) is 0 Å². The molecule has 31 heavy (non-hydrogen) atoms. The molecule has 5 nitrogen and oxygen atoms in total. The van der Waals surface area contributed by atoms with Crippen LogP contribution in [-0.4, -0.2) is 27.7 Å². The monoisotopic (exact) mass is 403 g/mol. The van der Waals surface area contributed by atoms with Crippen LogP contribution in [0.1, 0.15) is 0 Å². The van der Waals surface area contributed by atoms with E-state index in [4.69, 9.17) is 24.6 Å². The van der Waals surface area contributed by atoms with E-state index in [2.05, 4.69) is 6.07 Å². The Hall–Kier alpha value is -4.03. The van der Waals surface area contributed by atoms with Crippen LogP contribution in [-0.2, 0) is 0 Å². The zero-order valence-electron chi connectivity index (χ0n) is 16.6. The third kappa shape index (κ3) is 4.02. The molecule has 0 bridgehead atoms. The first-order chi connectivity index (χ1) is 15.3. The second kappa shape index (κ2) is 8.38. The summed E-state index contributed by atoms with van der Waals surface area (Å²) in [6.07, 6.45) is 0. The summed E-state index contributed by atoms with van der Waals surface area (Å²) in [7, 11) is -0.348. The Morgan fingerprint density at radius 3 is 1.65 bits per heavy atom. The molecule has 1 N–H and O–H groups in total. The summed E-state index contributed by atoms with van der Waals surface area (Å²) in [5, 5.41) is 11.0. The number of hydrogen-bond acceptors (Lipinski definition) is 5. The lowest BCUT2D eigenvalue weighted by atomic mass is 10.1. The van der Waals surface area contributed by atoms with Gasteiger partial charge in [-0.15, -0.1) is 0 Å².